The Balaban J connectivity index is 2.51. The second kappa shape index (κ2) is 3.08. The number of nitrogens with zero attached hydrogens (tertiary/aromatic N) is 1. The summed E-state index contributed by atoms with van der Waals surface area (Å²) in [4.78, 5) is 2.14. The van der Waals surface area contributed by atoms with Crippen LogP contribution in [0.3, 0.4) is 0 Å². The van der Waals surface area contributed by atoms with Crippen LogP contribution < -0.4 is 0 Å². The maximum absolute atomic E-state index is 7.94. The highest BCUT2D eigenvalue weighted by molar-refractivity contribution is 5.84. The SMILES string of the molecule is CN(C(=N)C(C)(C)C)C1CCC1. The van der Waals surface area contributed by atoms with Crippen molar-refractivity contribution in [3.8, 4) is 0 Å². The van der Waals surface area contributed by atoms with Gasteiger partial charge < -0.3 is 4.90 Å². The Morgan fingerprint density at radius 3 is 2.08 bits per heavy atom. The molecule has 0 radical (unpaired) electrons. The molecule has 70 valence electrons. The monoisotopic (exact) mass is 168 g/mol. The molecule has 1 saturated carbocycles. The van der Waals surface area contributed by atoms with E-state index in [-0.39, 0.29) is 5.41 Å². The minimum atomic E-state index is 0.00431. The van der Waals surface area contributed by atoms with Crippen molar-refractivity contribution in [2.24, 2.45) is 5.41 Å². The van der Waals surface area contributed by atoms with Crippen molar-refractivity contribution < 1.29 is 0 Å². The van der Waals surface area contributed by atoms with Crippen molar-refractivity contribution in [2.45, 2.75) is 46.1 Å². The van der Waals surface area contributed by atoms with Crippen molar-refractivity contribution in [3.63, 3.8) is 0 Å². The van der Waals surface area contributed by atoms with Gasteiger partial charge in [-0.25, -0.2) is 0 Å². The summed E-state index contributed by atoms with van der Waals surface area (Å²) in [7, 11) is 2.05. The van der Waals surface area contributed by atoms with Crippen LogP contribution in [0.1, 0.15) is 40.0 Å². The summed E-state index contributed by atoms with van der Waals surface area (Å²) in [6.45, 7) is 6.31. The standard InChI is InChI=1S/C10H20N2/c1-10(2,3)9(11)12(4)8-6-5-7-8/h8,11H,5-7H2,1-4H3. The predicted octanol–water partition coefficient (Wildman–Crippen LogP) is 2.49. The first-order chi connectivity index (χ1) is 5.43. The van der Waals surface area contributed by atoms with Gasteiger partial charge in [-0.15, -0.1) is 0 Å². The predicted molar refractivity (Wildman–Crippen MR) is 52.6 cm³/mol. The van der Waals surface area contributed by atoms with Gasteiger partial charge in [-0.05, 0) is 19.3 Å². The third-order valence-corrected chi connectivity index (χ3v) is 2.69. The summed E-state index contributed by atoms with van der Waals surface area (Å²) in [6, 6.07) is 0.650. The third kappa shape index (κ3) is 1.79. The van der Waals surface area contributed by atoms with Crippen LogP contribution in [0.15, 0.2) is 0 Å². The smallest absolute Gasteiger partial charge is 0.101 e. The summed E-state index contributed by atoms with van der Waals surface area (Å²) in [6.07, 6.45) is 3.89. The van der Waals surface area contributed by atoms with Gasteiger partial charge in [0.05, 0.1) is 0 Å². The van der Waals surface area contributed by atoms with Crippen LogP contribution in [0.2, 0.25) is 0 Å². The van der Waals surface area contributed by atoms with Gasteiger partial charge in [0.15, 0.2) is 0 Å². The minimum absolute atomic E-state index is 0.00431. The first kappa shape index (κ1) is 9.56. The average Bonchev–Trinajstić information content (AvgIpc) is 1.79. The molecule has 1 fully saturated rings. The average molecular weight is 168 g/mol. The lowest BCUT2D eigenvalue weighted by Gasteiger charge is -2.40. The van der Waals surface area contributed by atoms with E-state index in [1.807, 2.05) is 0 Å². The highest BCUT2D eigenvalue weighted by atomic mass is 15.2. The van der Waals surface area contributed by atoms with Gasteiger partial charge in [-0.2, -0.15) is 0 Å². The molecule has 0 amide bonds. The molecular weight excluding hydrogens is 148 g/mol. The molecule has 0 aliphatic heterocycles. The van der Waals surface area contributed by atoms with E-state index in [1.165, 1.54) is 19.3 Å². The molecule has 0 unspecified atom stereocenters. The molecule has 0 aromatic rings. The number of amidine groups is 1. The van der Waals surface area contributed by atoms with E-state index in [0.717, 1.165) is 5.84 Å². The maximum atomic E-state index is 7.94. The van der Waals surface area contributed by atoms with Crippen molar-refractivity contribution in [3.05, 3.63) is 0 Å². The molecule has 1 aliphatic rings. The van der Waals surface area contributed by atoms with Gasteiger partial charge >= 0.3 is 0 Å². The first-order valence-electron chi connectivity index (χ1n) is 4.75. The fourth-order valence-corrected chi connectivity index (χ4v) is 1.49. The van der Waals surface area contributed by atoms with Gasteiger partial charge in [0.25, 0.3) is 0 Å². The Bertz CT molecular complexity index is 175. The maximum Gasteiger partial charge on any atom is 0.101 e. The molecule has 0 heterocycles. The fourth-order valence-electron chi connectivity index (χ4n) is 1.49. The zero-order chi connectivity index (χ0) is 9.35. The van der Waals surface area contributed by atoms with E-state index in [4.69, 9.17) is 5.41 Å². The molecule has 0 atom stereocenters. The molecule has 0 spiro atoms. The van der Waals surface area contributed by atoms with Crippen LogP contribution >= 0.6 is 0 Å². The Morgan fingerprint density at radius 2 is 1.83 bits per heavy atom. The first-order valence-corrected chi connectivity index (χ1v) is 4.75. The van der Waals surface area contributed by atoms with Crippen LogP contribution in [0.4, 0.5) is 0 Å². The molecule has 0 aromatic heterocycles. The highest BCUT2D eigenvalue weighted by Gasteiger charge is 2.29. The largest absolute Gasteiger partial charge is 0.360 e. The molecule has 1 rings (SSSR count). The number of nitrogens with one attached hydrogen (secondary N) is 1. The van der Waals surface area contributed by atoms with E-state index >= 15 is 0 Å². The Kier molecular flexibility index (Phi) is 2.45. The van der Waals surface area contributed by atoms with E-state index in [0.29, 0.717) is 6.04 Å². The molecule has 2 heteroatoms. The lowest BCUT2D eigenvalue weighted by atomic mass is 9.88. The zero-order valence-corrected chi connectivity index (χ0v) is 8.65. The summed E-state index contributed by atoms with van der Waals surface area (Å²) in [5, 5.41) is 7.94. The summed E-state index contributed by atoms with van der Waals surface area (Å²) >= 11 is 0. The minimum Gasteiger partial charge on any atom is -0.360 e. The van der Waals surface area contributed by atoms with Crippen LogP contribution in [-0.2, 0) is 0 Å². The third-order valence-electron chi connectivity index (χ3n) is 2.69. The molecule has 0 bridgehead atoms. The van der Waals surface area contributed by atoms with Gasteiger partial charge in [-0.3, -0.25) is 5.41 Å². The molecule has 1 aliphatic carbocycles. The Hall–Kier alpha value is -0.530. The topological polar surface area (TPSA) is 27.1 Å². The molecule has 12 heavy (non-hydrogen) atoms. The molecule has 0 aromatic carbocycles. The lowest BCUT2D eigenvalue weighted by Crippen LogP contribution is -2.45. The Labute approximate surface area is 75.5 Å². The number of hydrogen-bond acceptors (Lipinski definition) is 1. The van der Waals surface area contributed by atoms with E-state index in [9.17, 15) is 0 Å². The van der Waals surface area contributed by atoms with Crippen molar-refractivity contribution in [1.29, 1.82) is 5.41 Å². The normalized spacial score (nSPS) is 18.7. The van der Waals surface area contributed by atoms with Crippen molar-refractivity contribution >= 4 is 5.84 Å². The lowest BCUT2D eigenvalue weighted by molar-refractivity contribution is 0.223. The van der Waals surface area contributed by atoms with Gasteiger partial charge in [0.1, 0.15) is 5.84 Å². The van der Waals surface area contributed by atoms with E-state index in [2.05, 4.69) is 32.7 Å². The van der Waals surface area contributed by atoms with Gasteiger partial charge in [0, 0.05) is 18.5 Å². The quantitative estimate of drug-likeness (QED) is 0.472. The summed E-state index contributed by atoms with van der Waals surface area (Å²) in [5.74, 6) is 0.771. The van der Waals surface area contributed by atoms with Crippen molar-refractivity contribution in [1.82, 2.24) is 4.90 Å². The second-order valence-electron chi connectivity index (χ2n) is 4.79. The molecular formula is C10H20N2. The number of hydrogen-bond donors (Lipinski definition) is 1. The summed E-state index contributed by atoms with van der Waals surface area (Å²) < 4.78 is 0. The van der Waals surface area contributed by atoms with Crippen LogP contribution in [0.25, 0.3) is 0 Å². The van der Waals surface area contributed by atoms with Crippen LogP contribution in [0, 0.1) is 10.8 Å². The second-order valence-corrected chi connectivity index (χ2v) is 4.79. The van der Waals surface area contributed by atoms with Crippen LogP contribution in [0.5, 0.6) is 0 Å². The fraction of sp³-hybridized carbons (Fsp3) is 0.900. The number of rotatable bonds is 1. The van der Waals surface area contributed by atoms with Crippen molar-refractivity contribution in [2.75, 3.05) is 7.05 Å². The van der Waals surface area contributed by atoms with E-state index in [1.54, 1.807) is 0 Å². The Morgan fingerprint density at radius 1 is 1.33 bits per heavy atom. The molecule has 1 N–H and O–H groups in total. The van der Waals surface area contributed by atoms with Gasteiger partial charge in [-0.1, -0.05) is 20.8 Å². The van der Waals surface area contributed by atoms with Gasteiger partial charge in [0.2, 0.25) is 0 Å². The zero-order valence-electron chi connectivity index (χ0n) is 8.65. The highest BCUT2D eigenvalue weighted by Crippen LogP contribution is 2.27. The molecule has 0 saturated heterocycles. The summed E-state index contributed by atoms with van der Waals surface area (Å²) in [5.41, 5.74) is 0.00431. The van der Waals surface area contributed by atoms with E-state index < -0.39 is 0 Å². The molecule has 2 nitrogen and oxygen atoms in total. The van der Waals surface area contributed by atoms with Crippen LogP contribution in [-0.4, -0.2) is 23.8 Å².